The summed E-state index contributed by atoms with van der Waals surface area (Å²) in [6, 6.07) is 13.8. The second kappa shape index (κ2) is 8.61. The summed E-state index contributed by atoms with van der Waals surface area (Å²) in [6.07, 6.45) is 0. The number of quaternary nitrogens is 1. The maximum Gasteiger partial charge on any atom is 0.275 e. The van der Waals surface area contributed by atoms with Gasteiger partial charge in [-0.3, -0.25) is 4.79 Å². The van der Waals surface area contributed by atoms with E-state index >= 15 is 0 Å². The van der Waals surface area contributed by atoms with Crippen molar-refractivity contribution in [1.82, 2.24) is 5.32 Å². The molecule has 2 aromatic carbocycles. The fraction of sp³-hybridized carbons (Fsp3) is 0.409. The highest BCUT2D eigenvalue weighted by Crippen LogP contribution is 2.34. The number of carbonyl (C=O) groups is 1. The molecule has 0 radical (unpaired) electrons. The fourth-order valence-electron chi connectivity index (χ4n) is 3.92. The number of carbonyl (C=O) groups excluding carboxylic acids is 1. The van der Waals surface area contributed by atoms with Crippen LogP contribution in [0.25, 0.3) is 0 Å². The number of hydrogen-bond acceptors (Lipinski definition) is 5. The van der Waals surface area contributed by atoms with E-state index in [1.807, 2.05) is 43.3 Å². The smallest absolute Gasteiger partial charge is 0.275 e. The first-order valence-corrected chi connectivity index (χ1v) is 10.0. The number of hydrogen-bond donors (Lipinski definition) is 2. The SMILES string of the molecule is COc1ccccc1N1CC[NH+](CC(=O)N[C@H](C)c2ccc3c(c2)OCO3)CC1. The number of piperazine rings is 1. The monoisotopic (exact) mass is 398 g/mol. The van der Waals surface area contributed by atoms with Crippen molar-refractivity contribution < 1.29 is 23.9 Å². The van der Waals surface area contributed by atoms with Crippen molar-refractivity contribution in [3.05, 3.63) is 48.0 Å². The first kappa shape index (κ1) is 19.4. The minimum absolute atomic E-state index is 0.0657. The summed E-state index contributed by atoms with van der Waals surface area (Å²) in [5.41, 5.74) is 2.13. The third-order valence-corrected chi connectivity index (χ3v) is 5.58. The largest absolute Gasteiger partial charge is 0.495 e. The Balaban J connectivity index is 1.27. The molecule has 1 amide bonds. The molecular formula is C22H28N3O4+. The van der Waals surface area contributed by atoms with Crippen LogP contribution >= 0.6 is 0 Å². The zero-order valence-electron chi connectivity index (χ0n) is 16.9. The lowest BCUT2D eigenvalue weighted by Crippen LogP contribution is -3.15. The first-order valence-electron chi connectivity index (χ1n) is 10.0. The van der Waals surface area contributed by atoms with Crippen molar-refractivity contribution in [3.63, 3.8) is 0 Å². The minimum Gasteiger partial charge on any atom is -0.495 e. The fourth-order valence-corrected chi connectivity index (χ4v) is 3.92. The molecule has 1 saturated heterocycles. The highest BCUT2D eigenvalue weighted by atomic mass is 16.7. The van der Waals surface area contributed by atoms with E-state index in [4.69, 9.17) is 14.2 Å². The summed E-state index contributed by atoms with van der Waals surface area (Å²) in [5, 5.41) is 3.11. The van der Waals surface area contributed by atoms with Crippen LogP contribution in [0, 0.1) is 0 Å². The van der Waals surface area contributed by atoms with Gasteiger partial charge in [0.25, 0.3) is 5.91 Å². The Hall–Kier alpha value is -2.93. The van der Waals surface area contributed by atoms with Crippen LogP contribution in [0.5, 0.6) is 17.2 Å². The van der Waals surface area contributed by atoms with Gasteiger partial charge in [0.05, 0.1) is 45.0 Å². The molecule has 2 aliphatic heterocycles. The molecule has 0 unspecified atom stereocenters. The Bertz CT molecular complexity index is 865. The average molecular weight is 398 g/mol. The first-order chi connectivity index (χ1) is 14.1. The Morgan fingerprint density at radius 3 is 2.72 bits per heavy atom. The van der Waals surface area contributed by atoms with Crippen molar-refractivity contribution in [3.8, 4) is 17.2 Å². The second-order valence-corrected chi connectivity index (χ2v) is 7.49. The molecule has 0 aliphatic carbocycles. The zero-order valence-corrected chi connectivity index (χ0v) is 16.9. The number of nitrogens with zero attached hydrogens (tertiary/aromatic N) is 1. The van der Waals surface area contributed by atoms with E-state index in [0.29, 0.717) is 6.54 Å². The highest BCUT2D eigenvalue weighted by molar-refractivity contribution is 5.77. The van der Waals surface area contributed by atoms with Crippen LogP contribution in [0.4, 0.5) is 5.69 Å². The quantitative estimate of drug-likeness (QED) is 0.760. The van der Waals surface area contributed by atoms with Crippen LogP contribution in [-0.2, 0) is 4.79 Å². The number of nitrogens with one attached hydrogen (secondary N) is 2. The third kappa shape index (κ3) is 4.40. The Morgan fingerprint density at radius 1 is 1.17 bits per heavy atom. The number of amides is 1. The molecule has 7 nitrogen and oxygen atoms in total. The topological polar surface area (TPSA) is 64.5 Å². The van der Waals surface area contributed by atoms with Crippen molar-refractivity contribution in [1.29, 1.82) is 0 Å². The molecule has 0 spiro atoms. The highest BCUT2D eigenvalue weighted by Gasteiger charge is 2.25. The summed E-state index contributed by atoms with van der Waals surface area (Å²) >= 11 is 0. The molecule has 2 aromatic rings. The predicted molar refractivity (Wildman–Crippen MR) is 110 cm³/mol. The van der Waals surface area contributed by atoms with Crippen molar-refractivity contribution in [2.45, 2.75) is 13.0 Å². The summed E-state index contributed by atoms with van der Waals surface area (Å²) in [6.45, 7) is 6.37. The third-order valence-electron chi connectivity index (χ3n) is 5.58. The molecule has 2 heterocycles. The predicted octanol–water partition coefficient (Wildman–Crippen LogP) is 1.01. The lowest BCUT2D eigenvalue weighted by Gasteiger charge is -2.34. The van der Waals surface area contributed by atoms with E-state index in [1.165, 1.54) is 4.90 Å². The van der Waals surface area contributed by atoms with Crippen molar-refractivity contribution in [2.24, 2.45) is 0 Å². The number of methoxy groups -OCH3 is 1. The average Bonchev–Trinajstić information content (AvgIpc) is 3.22. The lowest BCUT2D eigenvalue weighted by molar-refractivity contribution is -0.892. The van der Waals surface area contributed by atoms with Crippen molar-refractivity contribution >= 4 is 11.6 Å². The van der Waals surface area contributed by atoms with E-state index in [9.17, 15) is 4.79 Å². The van der Waals surface area contributed by atoms with Gasteiger partial charge < -0.3 is 29.3 Å². The second-order valence-electron chi connectivity index (χ2n) is 7.49. The zero-order chi connectivity index (χ0) is 20.2. The van der Waals surface area contributed by atoms with Gasteiger partial charge in [0.1, 0.15) is 5.75 Å². The van der Waals surface area contributed by atoms with E-state index in [2.05, 4.69) is 16.3 Å². The van der Waals surface area contributed by atoms with E-state index in [-0.39, 0.29) is 18.7 Å². The number of benzene rings is 2. The Labute approximate surface area is 171 Å². The molecule has 4 rings (SSSR count). The van der Waals surface area contributed by atoms with Gasteiger partial charge in [0.15, 0.2) is 18.0 Å². The van der Waals surface area contributed by atoms with Gasteiger partial charge in [-0.2, -0.15) is 0 Å². The van der Waals surface area contributed by atoms with Gasteiger partial charge >= 0.3 is 0 Å². The van der Waals surface area contributed by atoms with Gasteiger partial charge in [-0.15, -0.1) is 0 Å². The lowest BCUT2D eigenvalue weighted by atomic mass is 10.1. The summed E-state index contributed by atoms with van der Waals surface area (Å²) in [5.74, 6) is 2.45. The van der Waals surface area contributed by atoms with Gasteiger partial charge in [0, 0.05) is 0 Å². The number of fused-ring (bicyclic) bond motifs is 1. The van der Waals surface area contributed by atoms with Crippen LogP contribution in [0.3, 0.4) is 0 Å². The number of rotatable bonds is 6. The molecule has 154 valence electrons. The van der Waals surface area contributed by atoms with E-state index in [1.54, 1.807) is 7.11 Å². The van der Waals surface area contributed by atoms with Crippen LogP contribution in [0.15, 0.2) is 42.5 Å². The maximum absolute atomic E-state index is 12.6. The maximum atomic E-state index is 12.6. The Kier molecular flexibility index (Phi) is 5.76. The molecule has 2 aliphatic rings. The standard InChI is InChI=1S/C22H27N3O4/c1-16(17-7-8-20-21(13-17)29-15-28-20)23-22(26)14-24-9-11-25(12-10-24)18-5-3-4-6-19(18)27-2/h3-8,13,16H,9-12,14-15H2,1-2H3,(H,23,26)/p+1/t16-/m1/s1. The van der Waals surface area contributed by atoms with E-state index in [0.717, 1.165) is 54.7 Å². The van der Waals surface area contributed by atoms with Gasteiger partial charge in [0.2, 0.25) is 6.79 Å². The van der Waals surface area contributed by atoms with E-state index < -0.39 is 0 Å². The number of anilines is 1. The molecule has 7 heteroatoms. The molecular weight excluding hydrogens is 370 g/mol. The molecule has 0 saturated carbocycles. The van der Waals surface area contributed by atoms with Crippen molar-refractivity contribution in [2.75, 3.05) is 51.5 Å². The molecule has 29 heavy (non-hydrogen) atoms. The normalized spacial score (nSPS) is 17.1. The molecule has 0 bridgehead atoms. The van der Waals surface area contributed by atoms with Gasteiger partial charge in [-0.1, -0.05) is 18.2 Å². The summed E-state index contributed by atoms with van der Waals surface area (Å²) in [4.78, 5) is 16.2. The molecule has 1 fully saturated rings. The molecule has 0 aromatic heterocycles. The van der Waals surface area contributed by atoms with Gasteiger partial charge in [-0.25, -0.2) is 0 Å². The van der Waals surface area contributed by atoms with Crippen LogP contribution in [-0.4, -0.2) is 52.5 Å². The van der Waals surface area contributed by atoms with Crippen LogP contribution < -0.4 is 29.3 Å². The number of para-hydroxylation sites is 2. The minimum atomic E-state index is -0.0775. The molecule has 2 N–H and O–H groups in total. The van der Waals surface area contributed by atoms with Crippen LogP contribution in [0.2, 0.25) is 0 Å². The number of ether oxygens (including phenoxy) is 3. The summed E-state index contributed by atoms with van der Waals surface area (Å²) < 4.78 is 16.2. The Morgan fingerprint density at radius 2 is 1.93 bits per heavy atom. The van der Waals surface area contributed by atoms with Crippen LogP contribution in [0.1, 0.15) is 18.5 Å². The molecule has 1 atom stereocenters. The summed E-state index contributed by atoms with van der Waals surface area (Å²) in [7, 11) is 1.70. The van der Waals surface area contributed by atoms with Gasteiger partial charge in [-0.05, 0) is 36.8 Å².